The fourth-order valence-corrected chi connectivity index (χ4v) is 4.79. The van der Waals surface area contributed by atoms with Gasteiger partial charge in [-0.05, 0) is 79.0 Å². The van der Waals surface area contributed by atoms with Crippen molar-refractivity contribution in [2.75, 3.05) is 13.7 Å². The molecule has 2 heterocycles. The standard InChI is InChI=1S/C27H34N4O2/c1-18(2)25-14-22(19(3)13-23(25)17-29-16-20-9-11-28-12-10-20)15-26-30-31-27(33-26)21-5-7-24(32-4)8-6-21/h5-13,18,22-23,25,29H,14-17H2,1-4H3/t22-,23-,25-/m0/s1. The zero-order valence-corrected chi connectivity index (χ0v) is 20.0. The molecule has 6 heteroatoms. The predicted octanol–water partition coefficient (Wildman–Crippen LogP) is 5.33. The van der Waals surface area contributed by atoms with E-state index in [0.717, 1.165) is 37.2 Å². The Bertz CT molecular complexity index is 1040. The van der Waals surface area contributed by atoms with E-state index in [1.807, 2.05) is 36.7 Å². The topological polar surface area (TPSA) is 73.1 Å². The molecule has 6 nitrogen and oxygen atoms in total. The quantitative estimate of drug-likeness (QED) is 0.448. The van der Waals surface area contributed by atoms with Crippen LogP contribution < -0.4 is 10.1 Å². The summed E-state index contributed by atoms with van der Waals surface area (Å²) in [6.07, 6.45) is 8.09. The Hall–Kier alpha value is -2.99. The Kier molecular flexibility index (Phi) is 7.55. The lowest BCUT2D eigenvalue weighted by Gasteiger charge is -2.37. The minimum atomic E-state index is 0.429. The largest absolute Gasteiger partial charge is 0.497 e. The molecule has 0 unspecified atom stereocenters. The van der Waals surface area contributed by atoms with Gasteiger partial charge in [0.15, 0.2) is 0 Å². The van der Waals surface area contributed by atoms with E-state index in [4.69, 9.17) is 9.15 Å². The van der Waals surface area contributed by atoms with E-state index in [1.54, 1.807) is 7.11 Å². The van der Waals surface area contributed by atoms with Crippen LogP contribution in [0.3, 0.4) is 0 Å². The van der Waals surface area contributed by atoms with Crippen molar-refractivity contribution in [3.8, 4) is 17.2 Å². The summed E-state index contributed by atoms with van der Waals surface area (Å²) in [7, 11) is 1.66. The Labute approximate surface area is 196 Å². The number of ether oxygens (including phenoxy) is 1. The molecule has 0 fully saturated rings. The van der Waals surface area contributed by atoms with E-state index in [0.29, 0.717) is 35.5 Å². The molecule has 1 N–H and O–H groups in total. The van der Waals surface area contributed by atoms with E-state index in [2.05, 4.69) is 59.5 Å². The van der Waals surface area contributed by atoms with Crippen molar-refractivity contribution in [1.82, 2.24) is 20.5 Å². The molecule has 0 aliphatic heterocycles. The summed E-state index contributed by atoms with van der Waals surface area (Å²) in [6.45, 7) is 8.77. The van der Waals surface area contributed by atoms with Crippen molar-refractivity contribution < 1.29 is 9.15 Å². The van der Waals surface area contributed by atoms with Crippen LogP contribution in [0.1, 0.15) is 38.6 Å². The van der Waals surface area contributed by atoms with Gasteiger partial charge in [-0.25, -0.2) is 0 Å². The van der Waals surface area contributed by atoms with E-state index in [1.165, 1.54) is 11.1 Å². The van der Waals surface area contributed by atoms with Crippen molar-refractivity contribution >= 4 is 0 Å². The molecule has 3 aromatic rings. The van der Waals surface area contributed by atoms with E-state index in [-0.39, 0.29) is 0 Å². The van der Waals surface area contributed by atoms with Crippen LogP contribution in [0.4, 0.5) is 0 Å². The number of aromatic nitrogens is 3. The van der Waals surface area contributed by atoms with Gasteiger partial charge in [0, 0.05) is 37.5 Å². The number of allylic oxidation sites excluding steroid dienone is 1. The first-order valence-electron chi connectivity index (χ1n) is 11.8. The molecular formula is C27H34N4O2. The van der Waals surface area contributed by atoms with Crippen molar-refractivity contribution in [2.45, 2.75) is 40.2 Å². The van der Waals surface area contributed by atoms with Crippen LogP contribution in [0.5, 0.6) is 5.75 Å². The molecule has 0 bridgehead atoms. The van der Waals surface area contributed by atoms with Gasteiger partial charge in [-0.15, -0.1) is 10.2 Å². The number of rotatable bonds is 9. The maximum atomic E-state index is 6.02. The molecule has 0 saturated heterocycles. The number of pyridine rings is 1. The first-order valence-corrected chi connectivity index (χ1v) is 11.8. The van der Waals surface area contributed by atoms with Crippen LogP contribution in [-0.2, 0) is 13.0 Å². The molecule has 3 atom stereocenters. The summed E-state index contributed by atoms with van der Waals surface area (Å²) < 4.78 is 11.3. The maximum absolute atomic E-state index is 6.02. The molecule has 4 rings (SSSR count). The fraction of sp³-hybridized carbons (Fsp3) is 0.444. The molecule has 0 saturated carbocycles. The van der Waals surface area contributed by atoms with Crippen molar-refractivity contribution in [2.24, 2.45) is 23.7 Å². The van der Waals surface area contributed by atoms with E-state index in [9.17, 15) is 0 Å². The Morgan fingerprint density at radius 3 is 2.55 bits per heavy atom. The Balaban J connectivity index is 1.40. The number of hydrogen-bond donors (Lipinski definition) is 1. The fourth-order valence-electron chi connectivity index (χ4n) is 4.79. The number of nitrogens with one attached hydrogen (secondary N) is 1. The van der Waals surface area contributed by atoms with Gasteiger partial charge >= 0.3 is 0 Å². The lowest BCUT2D eigenvalue weighted by molar-refractivity contribution is 0.218. The van der Waals surface area contributed by atoms with Crippen LogP contribution in [-0.4, -0.2) is 28.8 Å². The molecule has 33 heavy (non-hydrogen) atoms. The minimum Gasteiger partial charge on any atom is -0.497 e. The van der Waals surface area contributed by atoms with Crippen LogP contribution in [0.25, 0.3) is 11.5 Å². The lowest BCUT2D eigenvalue weighted by atomic mass is 9.70. The maximum Gasteiger partial charge on any atom is 0.247 e. The summed E-state index contributed by atoms with van der Waals surface area (Å²) >= 11 is 0. The molecular weight excluding hydrogens is 412 g/mol. The second-order valence-corrected chi connectivity index (χ2v) is 9.33. The van der Waals surface area contributed by atoms with Crippen LogP contribution >= 0.6 is 0 Å². The average Bonchev–Trinajstić information content (AvgIpc) is 3.30. The zero-order chi connectivity index (χ0) is 23.2. The van der Waals surface area contributed by atoms with Gasteiger partial charge in [-0.2, -0.15) is 0 Å². The summed E-state index contributed by atoms with van der Waals surface area (Å²) in [6, 6.07) is 11.8. The third kappa shape index (κ3) is 5.88. The van der Waals surface area contributed by atoms with Gasteiger partial charge in [0.05, 0.1) is 7.11 Å². The average molecular weight is 447 g/mol. The van der Waals surface area contributed by atoms with Crippen LogP contribution in [0.2, 0.25) is 0 Å². The van der Waals surface area contributed by atoms with Crippen LogP contribution in [0.15, 0.2) is 64.9 Å². The summed E-state index contributed by atoms with van der Waals surface area (Å²) in [4.78, 5) is 4.10. The van der Waals surface area contributed by atoms with Gasteiger partial charge < -0.3 is 14.5 Å². The monoisotopic (exact) mass is 446 g/mol. The second kappa shape index (κ2) is 10.8. The van der Waals surface area contributed by atoms with Crippen LogP contribution in [0, 0.1) is 23.7 Å². The third-order valence-corrected chi connectivity index (χ3v) is 6.77. The van der Waals surface area contributed by atoms with Crippen molar-refractivity contribution in [1.29, 1.82) is 0 Å². The summed E-state index contributed by atoms with van der Waals surface area (Å²) in [5, 5.41) is 12.3. The highest BCUT2D eigenvalue weighted by atomic mass is 16.5. The normalized spacial score (nSPS) is 20.6. The van der Waals surface area contributed by atoms with Gasteiger partial charge in [0.2, 0.25) is 11.8 Å². The Morgan fingerprint density at radius 2 is 1.85 bits per heavy atom. The lowest BCUT2D eigenvalue weighted by Crippen LogP contribution is -2.34. The van der Waals surface area contributed by atoms with Crippen molar-refractivity contribution in [3.05, 3.63) is 71.9 Å². The Morgan fingerprint density at radius 1 is 1.09 bits per heavy atom. The van der Waals surface area contributed by atoms with E-state index < -0.39 is 0 Å². The molecule has 1 aliphatic rings. The highest BCUT2D eigenvalue weighted by Gasteiger charge is 2.32. The number of hydrogen-bond acceptors (Lipinski definition) is 6. The van der Waals surface area contributed by atoms with E-state index >= 15 is 0 Å². The highest BCUT2D eigenvalue weighted by molar-refractivity contribution is 5.53. The molecule has 0 amide bonds. The van der Waals surface area contributed by atoms with Gasteiger partial charge in [0.25, 0.3) is 0 Å². The van der Waals surface area contributed by atoms with Gasteiger partial charge in [-0.3, -0.25) is 4.98 Å². The molecule has 1 aliphatic carbocycles. The molecule has 0 spiro atoms. The smallest absolute Gasteiger partial charge is 0.247 e. The molecule has 174 valence electrons. The molecule has 2 aromatic heterocycles. The zero-order valence-electron chi connectivity index (χ0n) is 20.0. The van der Waals surface area contributed by atoms with Gasteiger partial charge in [0.1, 0.15) is 5.75 Å². The summed E-state index contributed by atoms with van der Waals surface area (Å²) in [5.41, 5.74) is 3.60. The number of nitrogens with zero attached hydrogens (tertiary/aromatic N) is 3. The second-order valence-electron chi connectivity index (χ2n) is 9.33. The predicted molar refractivity (Wildman–Crippen MR) is 130 cm³/mol. The van der Waals surface area contributed by atoms with Gasteiger partial charge in [-0.1, -0.05) is 25.5 Å². The number of methoxy groups -OCH3 is 1. The van der Waals surface area contributed by atoms with Crippen molar-refractivity contribution in [3.63, 3.8) is 0 Å². The summed E-state index contributed by atoms with van der Waals surface area (Å²) in [5.74, 6) is 4.26. The first-order chi connectivity index (χ1) is 16.0. The highest BCUT2D eigenvalue weighted by Crippen LogP contribution is 2.39. The first kappa shape index (κ1) is 23.2. The third-order valence-electron chi connectivity index (χ3n) is 6.77. The molecule has 1 aromatic carbocycles. The minimum absolute atomic E-state index is 0.429. The number of benzene rings is 1. The molecule has 0 radical (unpaired) electrons. The SMILES string of the molecule is COc1ccc(-c2nnc(C[C@@H]3C[C@@H](C(C)C)[C@H](CNCc4ccncc4)C=C3C)o2)cc1.